The second-order valence-electron chi connectivity index (χ2n) is 6.59. The van der Waals surface area contributed by atoms with E-state index in [2.05, 4.69) is 6.58 Å². The van der Waals surface area contributed by atoms with E-state index in [1.165, 1.54) is 17.8 Å². The average Bonchev–Trinajstić information content (AvgIpc) is 3.14. The Kier molecular flexibility index (Phi) is 5.76. The van der Waals surface area contributed by atoms with Gasteiger partial charge < -0.3 is 4.74 Å². The van der Waals surface area contributed by atoms with Crippen molar-refractivity contribution in [1.29, 1.82) is 0 Å². The molecular weight excluding hydrogens is 376 g/mol. The van der Waals surface area contributed by atoms with Crippen LogP contribution in [-0.4, -0.2) is 28.0 Å². The van der Waals surface area contributed by atoms with Crippen LogP contribution in [0, 0.1) is 0 Å². The maximum Gasteiger partial charge on any atom is 0.263 e. The second-order valence-corrected chi connectivity index (χ2v) is 8.44. The third-order valence-electron chi connectivity index (χ3n) is 4.73. The molecule has 1 fully saturated rings. The lowest BCUT2D eigenvalue weighted by Gasteiger charge is -2.22. The van der Waals surface area contributed by atoms with Crippen LogP contribution in [0.3, 0.4) is 0 Å². The number of thiophene rings is 1. The number of thioether (sulfide) groups is 1. The predicted octanol–water partition coefficient (Wildman–Crippen LogP) is 4.97. The number of hydrogen-bond donors (Lipinski definition) is 0. The molecule has 140 valence electrons. The van der Waals surface area contributed by atoms with Crippen LogP contribution in [-0.2, 0) is 11.3 Å². The number of hydrogen-bond acceptors (Lipinski definition) is 5. The molecule has 6 heteroatoms. The van der Waals surface area contributed by atoms with Crippen LogP contribution in [0.4, 0.5) is 0 Å². The molecule has 0 N–H and O–H groups in total. The van der Waals surface area contributed by atoms with Crippen molar-refractivity contribution < 1.29 is 4.74 Å². The maximum atomic E-state index is 13.3. The third kappa shape index (κ3) is 3.88. The van der Waals surface area contributed by atoms with Crippen molar-refractivity contribution in [3.63, 3.8) is 0 Å². The fourth-order valence-electron chi connectivity index (χ4n) is 3.34. The second kappa shape index (κ2) is 8.42. The molecule has 0 amide bonds. The minimum absolute atomic E-state index is 0.00654. The predicted molar refractivity (Wildman–Crippen MR) is 114 cm³/mol. The van der Waals surface area contributed by atoms with E-state index in [4.69, 9.17) is 9.72 Å². The zero-order valence-corrected chi connectivity index (χ0v) is 16.7. The minimum atomic E-state index is 0.00654. The van der Waals surface area contributed by atoms with E-state index in [0.29, 0.717) is 11.9 Å². The lowest BCUT2D eigenvalue weighted by atomic mass is 10.1. The molecule has 1 aliphatic heterocycles. The first-order valence-electron chi connectivity index (χ1n) is 9.20. The van der Waals surface area contributed by atoms with Gasteiger partial charge in [0.05, 0.1) is 11.5 Å². The Labute approximate surface area is 166 Å². The van der Waals surface area contributed by atoms with Gasteiger partial charge in [0.1, 0.15) is 4.83 Å². The van der Waals surface area contributed by atoms with Gasteiger partial charge in [-0.1, -0.05) is 48.2 Å². The fraction of sp³-hybridized carbons (Fsp3) is 0.333. The van der Waals surface area contributed by atoms with E-state index in [1.54, 1.807) is 22.4 Å². The summed E-state index contributed by atoms with van der Waals surface area (Å²) in [6.07, 6.45) is 5.44. The molecule has 1 aromatic carbocycles. The van der Waals surface area contributed by atoms with Gasteiger partial charge in [0.2, 0.25) is 0 Å². The summed E-state index contributed by atoms with van der Waals surface area (Å²) in [6.45, 7) is 5.11. The minimum Gasteiger partial charge on any atom is -0.377 e. The molecule has 2 aromatic heterocycles. The molecule has 3 heterocycles. The van der Waals surface area contributed by atoms with Crippen LogP contribution in [0.1, 0.15) is 19.3 Å². The molecule has 1 atom stereocenters. The SMILES string of the molecule is C=CCn1c(SCC2CCCCO2)nc2scc(-c3ccccc3)c2c1=O. The van der Waals surface area contributed by atoms with Gasteiger partial charge in [0.25, 0.3) is 5.56 Å². The summed E-state index contributed by atoms with van der Waals surface area (Å²) in [6, 6.07) is 10.0. The first-order valence-corrected chi connectivity index (χ1v) is 11.1. The maximum absolute atomic E-state index is 13.3. The van der Waals surface area contributed by atoms with E-state index in [-0.39, 0.29) is 11.7 Å². The molecule has 4 nitrogen and oxygen atoms in total. The van der Waals surface area contributed by atoms with Crippen LogP contribution in [0.15, 0.2) is 58.3 Å². The van der Waals surface area contributed by atoms with Crippen molar-refractivity contribution in [3.05, 3.63) is 58.7 Å². The van der Waals surface area contributed by atoms with Crippen LogP contribution in [0.5, 0.6) is 0 Å². The van der Waals surface area contributed by atoms with Gasteiger partial charge in [-0.2, -0.15) is 0 Å². The topological polar surface area (TPSA) is 44.1 Å². The summed E-state index contributed by atoms with van der Waals surface area (Å²) in [5.74, 6) is 0.825. The highest BCUT2D eigenvalue weighted by atomic mass is 32.2. The lowest BCUT2D eigenvalue weighted by molar-refractivity contribution is 0.0315. The number of benzene rings is 1. The standard InChI is InChI=1S/C21H22N2O2S2/c1-2-11-23-20(24)18-17(15-8-4-3-5-9-15)14-26-19(18)22-21(23)27-13-16-10-6-7-12-25-16/h2-5,8-9,14,16H,1,6-7,10-13H2. The van der Waals surface area contributed by atoms with Crippen molar-refractivity contribution in [2.45, 2.75) is 37.1 Å². The van der Waals surface area contributed by atoms with Crippen LogP contribution in [0.25, 0.3) is 21.3 Å². The third-order valence-corrected chi connectivity index (χ3v) is 6.71. The van der Waals surface area contributed by atoms with Gasteiger partial charge in [0.15, 0.2) is 5.16 Å². The largest absolute Gasteiger partial charge is 0.377 e. The molecule has 0 bridgehead atoms. The molecule has 1 saturated heterocycles. The number of rotatable bonds is 6. The van der Waals surface area contributed by atoms with Crippen molar-refractivity contribution in [1.82, 2.24) is 9.55 Å². The Morgan fingerprint density at radius 2 is 2.19 bits per heavy atom. The Bertz CT molecular complexity index is 989. The number of fused-ring (bicyclic) bond motifs is 1. The highest BCUT2D eigenvalue weighted by Gasteiger charge is 2.19. The van der Waals surface area contributed by atoms with Gasteiger partial charge in [-0.05, 0) is 24.8 Å². The van der Waals surface area contributed by atoms with Gasteiger partial charge in [-0.15, -0.1) is 17.9 Å². The molecule has 0 aliphatic carbocycles. The summed E-state index contributed by atoms with van der Waals surface area (Å²) in [7, 11) is 0. The summed E-state index contributed by atoms with van der Waals surface area (Å²) in [4.78, 5) is 18.9. The lowest BCUT2D eigenvalue weighted by Crippen LogP contribution is -2.25. The molecule has 1 aliphatic rings. The van der Waals surface area contributed by atoms with Crippen molar-refractivity contribution >= 4 is 33.3 Å². The summed E-state index contributed by atoms with van der Waals surface area (Å²) in [5.41, 5.74) is 2.01. The molecule has 27 heavy (non-hydrogen) atoms. The first-order chi connectivity index (χ1) is 13.3. The van der Waals surface area contributed by atoms with Crippen molar-refractivity contribution in [3.8, 4) is 11.1 Å². The van der Waals surface area contributed by atoms with E-state index in [1.807, 2.05) is 35.7 Å². The van der Waals surface area contributed by atoms with Gasteiger partial charge in [0, 0.05) is 29.8 Å². The highest BCUT2D eigenvalue weighted by molar-refractivity contribution is 7.99. The number of aromatic nitrogens is 2. The van der Waals surface area contributed by atoms with E-state index in [0.717, 1.165) is 46.3 Å². The first kappa shape index (κ1) is 18.5. The van der Waals surface area contributed by atoms with Crippen molar-refractivity contribution in [2.75, 3.05) is 12.4 Å². The fourth-order valence-corrected chi connectivity index (χ4v) is 5.40. The molecular formula is C21H22N2O2S2. The molecule has 1 unspecified atom stereocenters. The smallest absolute Gasteiger partial charge is 0.263 e. The van der Waals surface area contributed by atoms with Gasteiger partial charge in [-0.3, -0.25) is 9.36 Å². The molecule has 0 saturated carbocycles. The van der Waals surface area contributed by atoms with E-state index in [9.17, 15) is 4.79 Å². The number of ether oxygens (including phenoxy) is 1. The highest BCUT2D eigenvalue weighted by Crippen LogP contribution is 2.32. The number of nitrogens with zero attached hydrogens (tertiary/aromatic N) is 2. The van der Waals surface area contributed by atoms with Gasteiger partial charge in [-0.25, -0.2) is 4.98 Å². The Morgan fingerprint density at radius 1 is 1.33 bits per heavy atom. The summed E-state index contributed by atoms with van der Waals surface area (Å²) >= 11 is 3.14. The quantitative estimate of drug-likeness (QED) is 0.334. The molecule has 0 spiro atoms. The zero-order chi connectivity index (χ0) is 18.6. The average molecular weight is 399 g/mol. The van der Waals surface area contributed by atoms with E-state index < -0.39 is 0 Å². The number of allylic oxidation sites excluding steroid dienone is 1. The molecule has 3 aromatic rings. The van der Waals surface area contributed by atoms with Crippen LogP contribution < -0.4 is 5.56 Å². The summed E-state index contributed by atoms with van der Waals surface area (Å²) in [5, 5.41) is 3.49. The Morgan fingerprint density at radius 3 is 2.93 bits per heavy atom. The summed E-state index contributed by atoms with van der Waals surface area (Å²) < 4.78 is 7.56. The Balaban J connectivity index is 1.73. The van der Waals surface area contributed by atoms with Crippen LogP contribution in [0.2, 0.25) is 0 Å². The van der Waals surface area contributed by atoms with Gasteiger partial charge >= 0.3 is 0 Å². The van der Waals surface area contributed by atoms with Crippen molar-refractivity contribution in [2.24, 2.45) is 0 Å². The normalized spacial score (nSPS) is 17.3. The molecule has 4 rings (SSSR count). The monoisotopic (exact) mass is 398 g/mol. The van der Waals surface area contributed by atoms with E-state index >= 15 is 0 Å². The van der Waals surface area contributed by atoms with Crippen LogP contribution >= 0.6 is 23.1 Å². The Hall–Kier alpha value is -1.89. The zero-order valence-electron chi connectivity index (χ0n) is 15.1. The molecule has 0 radical (unpaired) electrons.